The van der Waals surface area contributed by atoms with E-state index in [9.17, 15) is 4.79 Å². The Balaban J connectivity index is 2.23. The van der Waals surface area contributed by atoms with E-state index >= 15 is 0 Å². The second kappa shape index (κ2) is 6.75. The molecule has 1 aromatic rings. The second-order valence-electron chi connectivity index (χ2n) is 3.57. The predicted octanol–water partition coefficient (Wildman–Crippen LogP) is 3.05. The number of Topliss-reactive ketones (excluding diaryl/α,β-unsaturated/α-hetero) is 1. The van der Waals surface area contributed by atoms with Crippen LogP contribution in [-0.4, -0.2) is 30.3 Å². The maximum Gasteiger partial charge on any atom is 0.163 e. The first-order valence-corrected chi connectivity index (χ1v) is 6.50. The highest BCUT2D eigenvalue weighted by molar-refractivity contribution is 7.08. The zero-order chi connectivity index (χ0) is 11.1. The van der Waals surface area contributed by atoms with Gasteiger partial charge in [-0.1, -0.05) is 13.8 Å². The third-order valence-corrected chi connectivity index (χ3v) is 3.30. The van der Waals surface area contributed by atoms with Crippen molar-refractivity contribution in [3.63, 3.8) is 0 Å². The number of carbonyl (C=O) groups excluding carboxylic acids is 1. The smallest absolute Gasteiger partial charge is 0.163 e. The molecule has 0 atom stereocenters. The molecule has 1 aromatic heterocycles. The molecule has 0 spiro atoms. The Kier molecular flexibility index (Phi) is 5.58. The summed E-state index contributed by atoms with van der Waals surface area (Å²) in [7, 11) is 0. The van der Waals surface area contributed by atoms with E-state index in [1.54, 1.807) is 11.3 Å². The van der Waals surface area contributed by atoms with E-state index in [0.29, 0.717) is 6.42 Å². The maximum atomic E-state index is 11.7. The lowest BCUT2D eigenvalue weighted by molar-refractivity contribution is 0.0976. The molecule has 1 heterocycles. The van der Waals surface area contributed by atoms with Crippen molar-refractivity contribution in [3.05, 3.63) is 22.4 Å². The van der Waals surface area contributed by atoms with Gasteiger partial charge in [0.2, 0.25) is 0 Å². The fourth-order valence-electron chi connectivity index (χ4n) is 1.57. The Bertz CT molecular complexity index is 278. The Morgan fingerprint density at radius 3 is 2.67 bits per heavy atom. The minimum absolute atomic E-state index is 0.281. The number of hydrogen-bond donors (Lipinski definition) is 0. The lowest BCUT2D eigenvalue weighted by atomic mass is 10.1. The summed E-state index contributed by atoms with van der Waals surface area (Å²) in [5.41, 5.74) is 0.875. The highest BCUT2D eigenvalue weighted by Gasteiger charge is 2.06. The fraction of sp³-hybridized carbons (Fsp3) is 0.583. The number of rotatable bonds is 7. The molecular formula is C12H19NOS. The molecule has 0 aliphatic carbocycles. The molecule has 15 heavy (non-hydrogen) atoms. The van der Waals surface area contributed by atoms with Crippen LogP contribution >= 0.6 is 11.3 Å². The summed E-state index contributed by atoms with van der Waals surface area (Å²) in [5, 5.41) is 3.89. The van der Waals surface area contributed by atoms with Crippen molar-refractivity contribution >= 4 is 17.1 Å². The molecule has 0 saturated carbocycles. The van der Waals surface area contributed by atoms with Crippen molar-refractivity contribution < 1.29 is 4.79 Å². The van der Waals surface area contributed by atoms with Gasteiger partial charge in [-0.25, -0.2) is 0 Å². The summed E-state index contributed by atoms with van der Waals surface area (Å²) in [6, 6.07) is 1.91. The van der Waals surface area contributed by atoms with Gasteiger partial charge in [0.25, 0.3) is 0 Å². The van der Waals surface area contributed by atoms with Gasteiger partial charge in [0.15, 0.2) is 5.78 Å². The topological polar surface area (TPSA) is 20.3 Å². The largest absolute Gasteiger partial charge is 0.304 e. The van der Waals surface area contributed by atoms with Crippen molar-refractivity contribution in [1.82, 2.24) is 4.90 Å². The van der Waals surface area contributed by atoms with Gasteiger partial charge in [0, 0.05) is 17.4 Å². The number of carbonyl (C=O) groups is 1. The predicted molar refractivity (Wildman–Crippen MR) is 65.7 cm³/mol. The molecule has 3 heteroatoms. The van der Waals surface area contributed by atoms with Crippen LogP contribution in [0.4, 0.5) is 0 Å². The van der Waals surface area contributed by atoms with E-state index in [1.165, 1.54) is 0 Å². The van der Waals surface area contributed by atoms with E-state index in [-0.39, 0.29) is 5.78 Å². The molecule has 2 nitrogen and oxygen atoms in total. The highest BCUT2D eigenvalue weighted by atomic mass is 32.1. The Morgan fingerprint density at radius 1 is 1.40 bits per heavy atom. The molecular weight excluding hydrogens is 206 g/mol. The Labute approximate surface area is 95.9 Å². The SMILES string of the molecule is CCN(CC)CCCC(=O)c1ccsc1. The van der Waals surface area contributed by atoms with E-state index in [4.69, 9.17) is 0 Å². The number of ketones is 1. The minimum atomic E-state index is 0.281. The van der Waals surface area contributed by atoms with E-state index in [1.807, 2.05) is 16.8 Å². The molecule has 0 aliphatic heterocycles. The van der Waals surface area contributed by atoms with Crippen molar-refractivity contribution in [2.75, 3.05) is 19.6 Å². The normalized spacial score (nSPS) is 10.9. The van der Waals surface area contributed by atoms with Gasteiger partial charge < -0.3 is 4.90 Å². The van der Waals surface area contributed by atoms with E-state index in [0.717, 1.165) is 31.6 Å². The molecule has 0 aliphatic rings. The standard InChI is InChI=1S/C12H19NOS/c1-3-13(4-2)8-5-6-12(14)11-7-9-15-10-11/h7,9-10H,3-6,8H2,1-2H3. The van der Waals surface area contributed by atoms with Crippen molar-refractivity contribution in [3.8, 4) is 0 Å². The maximum absolute atomic E-state index is 11.7. The molecule has 0 N–H and O–H groups in total. The second-order valence-corrected chi connectivity index (χ2v) is 4.35. The summed E-state index contributed by atoms with van der Waals surface area (Å²) in [6.45, 7) is 7.49. The first kappa shape index (κ1) is 12.4. The van der Waals surface area contributed by atoms with Crippen LogP contribution in [0, 0.1) is 0 Å². The molecule has 0 radical (unpaired) electrons. The van der Waals surface area contributed by atoms with E-state index < -0.39 is 0 Å². The Hall–Kier alpha value is -0.670. The third-order valence-electron chi connectivity index (χ3n) is 2.62. The van der Waals surface area contributed by atoms with Gasteiger partial charge >= 0.3 is 0 Å². The summed E-state index contributed by atoms with van der Waals surface area (Å²) in [6.07, 6.45) is 1.64. The molecule has 0 unspecified atom stereocenters. The molecule has 1 rings (SSSR count). The van der Waals surface area contributed by atoms with Crippen LogP contribution in [0.3, 0.4) is 0 Å². The summed E-state index contributed by atoms with van der Waals surface area (Å²) in [5.74, 6) is 0.281. The van der Waals surface area contributed by atoms with Crippen molar-refractivity contribution in [1.29, 1.82) is 0 Å². The zero-order valence-electron chi connectivity index (χ0n) is 9.53. The fourth-order valence-corrected chi connectivity index (χ4v) is 2.23. The van der Waals surface area contributed by atoms with Crippen LogP contribution in [-0.2, 0) is 0 Å². The van der Waals surface area contributed by atoms with Gasteiger partial charge in [0.05, 0.1) is 0 Å². The minimum Gasteiger partial charge on any atom is -0.304 e. The van der Waals surface area contributed by atoms with Gasteiger partial charge in [-0.15, -0.1) is 0 Å². The molecule has 0 amide bonds. The average molecular weight is 225 g/mol. The lowest BCUT2D eigenvalue weighted by Gasteiger charge is -2.17. The number of hydrogen-bond acceptors (Lipinski definition) is 3. The zero-order valence-corrected chi connectivity index (χ0v) is 10.3. The van der Waals surface area contributed by atoms with Crippen LogP contribution in [0.25, 0.3) is 0 Å². The number of thiophene rings is 1. The van der Waals surface area contributed by atoms with Gasteiger partial charge in [0.1, 0.15) is 0 Å². The highest BCUT2D eigenvalue weighted by Crippen LogP contribution is 2.10. The van der Waals surface area contributed by atoms with Gasteiger partial charge in [-0.2, -0.15) is 11.3 Å². The van der Waals surface area contributed by atoms with Crippen LogP contribution in [0.2, 0.25) is 0 Å². The van der Waals surface area contributed by atoms with Crippen LogP contribution < -0.4 is 0 Å². The first-order valence-electron chi connectivity index (χ1n) is 5.55. The third kappa shape index (κ3) is 4.14. The monoisotopic (exact) mass is 225 g/mol. The van der Waals surface area contributed by atoms with Crippen LogP contribution in [0.5, 0.6) is 0 Å². The first-order chi connectivity index (χ1) is 7.27. The Morgan fingerprint density at radius 2 is 2.13 bits per heavy atom. The molecule has 0 aromatic carbocycles. The van der Waals surface area contributed by atoms with Gasteiger partial charge in [-0.05, 0) is 37.5 Å². The quantitative estimate of drug-likeness (QED) is 0.665. The number of nitrogens with zero attached hydrogens (tertiary/aromatic N) is 1. The van der Waals surface area contributed by atoms with Crippen LogP contribution in [0.15, 0.2) is 16.8 Å². The lowest BCUT2D eigenvalue weighted by Crippen LogP contribution is -2.24. The van der Waals surface area contributed by atoms with Crippen LogP contribution in [0.1, 0.15) is 37.0 Å². The van der Waals surface area contributed by atoms with Gasteiger partial charge in [-0.3, -0.25) is 4.79 Å². The summed E-state index contributed by atoms with van der Waals surface area (Å²) >= 11 is 1.59. The molecule has 0 saturated heterocycles. The molecule has 0 bridgehead atoms. The van der Waals surface area contributed by atoms with E-state index in [2.05, 4.69) is 18.7 Å². The average Bonchev–Trinajstić information content (AvgIpc) is 2.77. The molecule has 0 fully saturated rings. The van der Waals surface area contributed by atoms with Crippen molar-refractivity contribution in [2.24, 2.45) is 0 Å². The van der Waals surface area contributed by atoms with Crippen molar-refractivity contribution in [2.45, 2.75) is 26.7 Å². The molecule has 84 valence electrons. The summed E-state index contributed by atoms with van der Waals surface area (Å²) < 4.78 is 0. The summed E-state index contributed by atoms with van der Waals surface area (Å²) in [4.78, 5) is 14.0.